The van der Waals surface area contributed by atoms with E-state index in [1.54, 1.807) is 32.0 Å². The Bertz CT molecular complexity index is 1040. The van der Waals surface area contributed by atoms with Gasteiger partial charge < -0.3 is 10.1 Å². The van der Waals surface area contributed by atoms with Crippen LogP contribution in [-0.2, 0) is 19.6 Å². The third kappa shape index (κ3) is 5.87. The van der Waals surface area contributed by atoms with E-state index in [0.29, 0.717) is 5.02 Å². The number of ether oxygens (including phenoxy) is 1. The molecule has 0 saturated heterocycles. The number of nitrogens with one attached hydrogen (secondary N) is 1. The molecule has 2 rings (SSSR count). The molecule has 0 aliphatic carbocycles. The summed E-state index contributed by atoms with van der Waals surface area (Å²) < 4.78 is 30.9. The molecule has 162 valence electrons. The lowest BCUT2D eigenvalue weighted by Crippen LogP contribution is -2.47. The first kappa shape index (κ1) is 24.0. The fourth-order valence-corrected chi connectivity index (χ4v) is 4.45. The topological polar surface area (TPSA) is 92.8 Å². The summed E-state index contributed by atoms with van der Waals surface area (Å²) in [4.78, 5) is 25.0. The molecular formula is C20H22Cl2N2O5S. The van der Waals surface area contributed by atoms with Crippen LogP contribution in [0.1, 0.15) is 30.6 Å². The third-order valence-corrected chi connectivity index (χ3v) is 5.87. The maximum atomic E-state index is 13.0. The van der Waals surface area contributed by atoms with Crippen LogP contribution in [0.15, 0.2) is 42.5 Å². The van der Waals surface area contributed by atoms with Gasteiger partial charge in [-0.25, -0.2) is 13.2 Å². The van der Waals surface area contributed by atoms with Gasteiger partial charge in [0, 0.05) is 10.7 Å². The number of nitrogens with zero attached hydrogens (tertiary/aromatic N) is 1. The number of amides is 1. The SMILES string of the molecule is CCOC(=O)c1cc(NC(=O)[C@@H](CC)N(c2cccc(Cl)c2)S(C)(=O)=O)ccc1Cl. The van der Waals surface area contributed by atoms with Crippen molar-refractivity contribution in [3.63, 3.8) is 0 Å². The summed E-state index contributed by atoms with van der Waals surface area (Å²) in [6.45, 7) is 3.53. The predicted molar refractivity (Wildman–Crippen MR) is 119 cm³/mol. The quantitative estimate of drug-likeness (QED) is 0.576. The molecule has 0 spiro atoms. The molecule has 1 amide bonds. The third-order valence-electron chi connectivity index (χ3n) is 4.12. The summed E-state index contributed by atoms with van der Waals surface area (Å²) in [7, 11) is -3.80. The Labute approximate surface area is 186 Å². The molecule has 7 nitrogen and oxygen atoms in total. The summed E-state index contributed by atoms with van der Waals surface area (Å²) in [6, 6.07) is 9.55. The average molecular weight is 473 g/mol. The van der Waals surface area contributed by atoms with E-state index in [9.17, 15) is 18.0 Å². The maximum absolute atomic E-state index is 13.0. The van der Waals surface area contributed by atoms with Gasteiger partial charge in [0.2, 0.25) is 15.9 Å². The van der Waals surface area contributed by atoms with Crippen LogP contribution in [0.3, 0.4) is 0 Å². The molecule has 0 fully saturated rings. The lowest BCUT2D eigenvalue weighted by atomic mass is 10.1. The van der Waals surface area contributed by atoms with E-state index in [1.165, 1.54) is 24.3 Å². The molecule has 1 atom stereocenters. The van der Waals surface area contributed by atoms with Crippen LogP contribution < -0.4 is 9.62 Å². The van der Waals surface area contributed by atoms with Crippen LogP contribution >= 0.6 is 23.2 Å². The first-order chi connectivity index (χ1) is 14.1. The van der Waals surface area contributed by atoms with Crippen molar-refractivity contribution in [2.24, 2.45) is 0 Å². The first-order valence-corrected chi connectivity index (χ1v) is 11.7. The van der Waals surface area contributed by atoms with Gasteiger partial charge in [-0.2, -0.15) is 0 Å². The van der Waals surface area contributed by atoms with E-state index >= 15 is 0 Å². The summed E-state index contributed by atoms with van der Waals surface area (Å²) >= 11 is 12.1. The van der Waals surface area contributed by atoms with Gasteiger partial charge in [0.25, 0.3) is 0 Å². The van der Waals surface area contributed by atoms with Gasteiger partial charge in [-0.1, -0.05) is 36.2 Å². The van der Waals surface area contributed by atoms with Crippen molar-refractivity contribution in [2.75, 3.05) is 22.5 Å². The molecule has 0 heterocycles. The Morgan fingerprint density at radius 3 is 2.40 bits per heavy atom. The zero-order valence-corrected chi connectivity index (χ0v) is 19.0. The second kappa shape index (κ2) is 10.1. The second-order valence-corrected chi connectivity index (χ2v) is 9.07. The monoisotopic (exact) mass is 472 g/mol. The number of carbonyl (C=O) groups is 2. The van der Waals surface area contributed by atoms with E-state index in [1.807, 2.05) is 0 Å². The number of anilines is 2. The van der Waals surface area contributed by atoms with Crippen molar-refractivity contribution in [3.8, 4) is 0 Å². The van der Waals surface area contributed by atoms with E-state index in [0.717, 1.165) is 10.6 Å². The van der Waals surface area contributed by atoms with Crippen LogP contribution in [-0.4, -0.2) is 39.2 Å². The number of carbonyl (C=O) groups excluding carboxylic acids is 2. The minimum Gasteiger partial charge on any atom is -0.462 e. The van der Waals surface area contributed by atoms with E-state index in [4.69, 9.17) is 27.9 Å². The molecule has 0 aromatic heterocycles. The fraction of sp³-hybridized carbons (Fsp3) is 0.300. The normalized spacial score (nSPS) is 12.2. The highest BCUT2D eigenvalue weighted by Gasteiger charge is 2.31. The maximum Gasteiger partial charge on any atom is 0.339 e. The molecule has 1 N–H and O–H groups in total. The van der Waals surface area contributed by atoms with Crippen molar-refractivity contribution >= 4 is 56.5 Å². The zero-order chi connectivity index (χ0) is 22.5. The zero-order valence-electron chi connectivity index (χ0n) is 16.7. The Morgan fingerprint density at radius 1 is 1.13 bits per heavy atom. The molecule has 10 heteroatoms. The van der Waals surface area contributed by atoms with Crippen LogP contribution in [0.4, 0.5) is 11.4 Å². The summed E-state index contributed by atoms with van der Waals surface area (Å²) in [5.41, 5.74) is 0.653. The molecule has 0 aliphatic rings. The smallest absolute Gasteiger partial charge is 0.339 e. The van der Waals surface area contributed by atoms with Gasteiger partial charge in [-0.15, -0.1) is 0 Å². The van der Waals surface area contributed by atoms with Crippen LogP contribution in [0.25, 0.3) is 0 Å². The van der Waals surface area contributed by atoms with Gasteiger partial charge >= 0.3 is 5.97 Å². The van der Waals surface area contributed by atoms with E-state index in [-0.39, 0.29) is 35.0 Å². The van der Waals surface area contributed by atoms with Crippen LogP contribution in [0.5, 0.6) is 0 Å². The number of hydrogen-bond donors (Lipinski definition) is 1. The van der Waals surface area contributed by atoms with E-state index in [2.05, 4.69) is 5.32 Å². The van der Waals surface area contributed by atoms with Crippen molar-refractivity contribution in [1.82, 2.24) is 0 Å². The van der Waals surface area contributed by atoms with Crippen LogP contribution in [0, 0.1) is 0 Å². The Morgan fingerprint density at radius 2 is 1.83 bits per heavy atom. The standard InChI is InChI=1S/C20H22Cl2N2O5S/c1-4-18(24(30(3,27)28)15-8-6-7-13(21)11-15)19(25)23-14-9-10-17(22)16(12-14)20(26)29-5-2/h6-12,18H,4-5H2,1-3H3,(H,23,25)/t18-/m1/s1. The number of benzene rings is 2. The predicted octanol–water partition coefficient (Wildman–Crippen LogP) is 4.35. The molecular weight excluding hydrogens is 451 g/mol. The number of hydrogen-bond acceptors (Lipinski definition) is 5. The van der Waals surface area contributed by atoms with Gasteiger partial charge in [-0.3, -0.25) is 9.10 Å². The molecule has 2 aromatic carbocycles. The first-order valence-electron chi connectivity index (χ1n) is 9.11. The Kier molecular flexibility index (Phi) is 8.11. The Hall–Kier alpha value is -2.29. The molecule has 30 heavy (non-hydrogen) atoms. The fourth-order valence-electron chi connectivity index (χ4n) is 2.87. The highest BCUT2D eigenvalue weighted by molar-refractivity contribution is 7.92. The molecule has 0 saturated carbocycles. The average Bonchev–Trinajstić information content (AvgIpc) is 2.66. The Balaban J connectivity index is 2.37. The number of sulfonamides is 1. The van der Waals surface area contributed by atoms with Crippen LogP contribution in [0.2, 0.25) is 10.0 Å². The molecule has 0 radical (unpaired) electrons. The summed E-state index contributed by atoms with van der Waals surface area (Å²) in [5, 5.41) is 3.17. The molecule has 0 bridgehead atoms. The second-order valence-electron chi connectivity index (χ2n) is 6.37. The number of halogens is 2. The van der Waals surface area contributed by atoms with Gasteiger partial charge in [0.05, 0.1) is 29.1 Å². The van der Waals surface area contributed by atoms with Gasteiger partial charge in [0.15, 0.2) is 0 Å². The minimum absolute atomic E-state index is 0.0965. The van der Waals surface area contributed by atoms with Gasteiger partial charge in [0.1, 0.15) is 6.04 Å². The lowest BCUT2D eigenvalue weighted by molar-refractivity contribution is -0.117. The highest BCUT2D eigenvalue weighted by atomic mass is 35.5. The lowest BCUT2D eigenvalue weighted by Gasteiger charge is -2.30. The van der Waals surface area contributed by atoms with Crippen molar-refractivity contribution in [1.29, 1.82) is 0 Å². The highest BCUT2D eigenvalue weighted by Crippen LogP contribution is 2.27. The minimum atomic E-state index is -3.80. The van der Waals surface area contributed by atoms with Crippen molar-refractivity contribution in [2.45, 2.75) is 26.3 Å². The van der Waals surface area contributed by atoms with Crippen molar-refractivity contribution in [3.05, 3.63) is 58.1 Å². The number of esters is 1. The largest absolute Gasteiger partial charge is 0.462 e. The molecule has 0 unspecified atom stereocenters. The summed E-state index contributed by atoms with van der Waals surface area (Å²) in [5.74, 6) is -1.19. The van der Waals surface area contributed by atoms with Crippen molar-refractivity contribution < 1.29 is 22.7 Å². The van der Waals surface area contributed by atoms with E-state index < -0.39 is 27.9 Å². The summed E-state index contributed by atoms with van der Waals surface area (Å²) in [6.07, 6.45) is 1.22. The molecule has 0 aliphatic heterocycles. The molecule has 2 aromatic rings. The van der Waals surface area contributed by atoms with Gasteiger partial charge in [-0.05, 0) is 49.7 Å². The number of rotatable bonds is 8.